The van der Waals surface area contributed by atoms with Gasteiger partial charge in [-0.25, -0.2) is 13.1 Å². The Labute approximate surface area is 120 Å². The number of sulfonamides is 1. The molecule has 1 aromatic carbocycles. The van der Waals surface area contributed by atoms with Gasteiger partial charge in [-0.15, -0.1) is 0 Å². The molecule has 6 heteroatoms. The average molecular weight is 298 g/mol. The second kappa shape index (κ2) is 7.06. The fourth-order valence-electron chi connectivity index (χ4n) is 1.89. The Hall–Kier alpha value is -1.11. The van der Waals surface area contributed by atoms with E-state index in [1.807, 2.05) is 6.07 Å². The zero-order chi connectivity index (χ0) is 14.4. The summed E-state index contributed by atoms with van der Waals surface area (Å²) in [5, 5.41) is 3.16. The first kappa shape index (κ1) is 15.3. The van der Waals surface area contributed by atoms with Crippen molar-refractivity contribution in [3.63, 3.8) is 0 Å². The Balaban J connectivity index is 1.79. The zero-order valence-corrected chi connectivity index (χ0v) is 12.6. The van der Waals surface area contributed by atoms with Crippen LogP contribution in [0.5, 0.6) is 0 Å². The zero-order valence-electron chi connectivity index (χ0n) is 11.8. The molecular formula is C14H22N2O3S. The van der Waals surface area contributed by atoms with Gasteiger partial charge in [-0.1, -0.05) is 12.1 Å². The van der Waals surface area contributed by atoms with Crippen LogP contribution in [-0.2, 0) is 14.8 Å². The molecule has 0 amide bonds. The van der Waals surface area contributed by atoms with Gasteiger partial charge in [0.15, 0.2) is 0 Å². The third kappa shape index (κ3) is 4.47. The maximum atomic E-state index is 11.9. The molecule has 5 nitrogen and oxygen atoms in total. The minimum absolute atomic E-state index is 0.279. The molecule has 1 aromatic rings. The number of nitrogens with one attached hydrogen (secondary N) is 2. The first-order valence-electron chi connectivity index (χ1n) is 6.97. The van der Waals surface area contributed by atoms with Crippen molar-refractivity contribution in [2.45, 2.75) is 24.2 Å². The fourth-order valence-corrected chi connectivity index (χ4v) is 2.80. The summed E-state index contributed by atoms with van der Waals surface area (Å²) in [6.07, 6.45) is 3.46. The molecule has 2 N–H and O–H groups in total. The second-order valence-corrected chi connectivity index (χ2v) is 6.86. The lowest BCUT2D eigenvalue weighted by Crippen LogP contribution is -2.20. The third-order valence-electron chi connectivity index (χ3n) is 3.28. The maximum Gasteiger partial charge on any atom is 0.242 e. The molecule has 0 spiro atoms. The summed E-state index contributed by atoms with van der Waals surface area (Å²) in [6, 6.07) is 6.90. The quantitative estimate of drug-likeness (QED) is 0.683. The van der Waals surface area contributed by atoms with Gasteiger partial charge in [-0.05, 0) is 44.4 Å². The number of rotatable bonds is 9. The number of benzene rings is 1. The van der Waals surface area contributed by atoms with Crippen LogP contribution in [0.25, 0.3) is 0 Å². The smallest absolute Gasteiger partial charge is 0.242 e. The molecule has 0 heterocycles. The summed E-state index contributed by atoms with van der Waals surface area (Å²) in [7, 11) is -2.01. The molecule has 112 valence electrons. The van der Waals surface area contributed by atoms with Crippen LogP contribution in [0.3, 0.4) is 0 Å². The van der Waals surface area contributed by atoms with Crippen molar-refractivity contribution in [1.29, 1.82) is 0 Å². The van der Waals surface area contributed by atoms with Crippen LogP contribution < -0.4 is 10.0 Å². The Morgan fingerprint density at radius 2 is 2.05 bits per heavy atom. The molecule has 0 unspecified atom stereocenters. The SMILES string of the molecule is CNS(=O)(=O)c1ccccc1NCCCOCC1CC1. The van der Waals surface area contributed by atoms with Crippen LogP contribution in [0, 0.1) is 5.92 Å². The van der Waals surface area contributed by atoms with Crippen molar-refractivity contribution in [3.8, 4) is 0 Å². The molecular weight excluding hydrogens is 276 g/mol. The van der Waals surface area contributed by atoms with Crippen LogP contribution in [0.1, 0.15) is 19.3 Å². The van der Waals surface area contributed by atoms with Gasteiger partial charge in [0, 0.05) is 19.8 Å². The number of ether oxygens (including phenoxy) is 1. The van der Waals surface area contributed by atoms with E-state index in [1.54, 1.807) is 18.2 Å². The van der Waals surface area contributed by atoms with Crippen LogP contribution in [-0.4, -0.2) is 35.2 Å². The minimum Gasteiger partial charge on any atom is -0.384 e. The van der Waals surface area contributed by atoms with E-state index in [0.717, 1.165) is 18.9 Å². The monoisotopic (exact) mass is 298 g/mol. The molecule has 0 atom stereocenters. The van der Waals surface area contributed by atoms with Gasteiger partial charge in [-0.2, -0.15) is 0 Å². The van der Waals surface area contributed by atoms with Gasteiger partial charge < -0.3 is 10.1 Å². The van der Waals surface area contributed by atoms with Crippen molar-refractivity contribution in [2.24, 2.45) is 5.92 Å². The van der Waals surface area contributed by atoms with Crippen LogP contribution in [0.15, 0.2) is 29.2 Å². The topological polar surface area (TPSA) is 67.4 Å². The van der Waals surface area contributed by atoms with Crippen LogP contribution in [0.2, 0.25) is 0 Å². The van der Waals surface area contributed by atoms with Gasteiger partial charge in [0.1, 0.15) is 4.90 Å². The van der Waals surface area contributed by atoms with Crippen LogP contribution >= 0.6 is 0 Å². The Morgan fingerprint density at radius 3 is 2.75 bits per heavy atom. The van der Waals surface area contributed by atoms with Crippen molar-refractivity contribution < 1.29 is 13.2 Å². The highest BCUT2D eigenvalue weighted by Gasteiger charge is 2.20. The fraction of sp³-hybridized carbons (Fsp3) is 0.571. The molecule has 1 saturated carbocycles. The van der Waals surface area contributed by atoms with E-state index >= 15 is 0 Å². The van der Waals surface area contributed by atoms with E-state index in [4.69, 9.17) is 4.74 Å². The predicted molar refractivity (Wildman–Crippen MR) is 79.3 cm³/mol. The summed E-state index contributed by atoms with van der Waals surface area (Å²) in [6.45, 7) is 2.27. The van der Waals surface area contributed by atoms with E-state index in [-0.39, 0.29) is 4.90 Å². The Bertz CT molecular complexity index is 527. The molecule has 0 aromatic heterocycles. The number of para-hydroxylation sites is 1. The number of hydrogen-bond donors (Lipinski definition) is 2. The standard InChI is InChI=1S/C14H22N2O3S/c1-15-20(17,18)14-6-3-2-5-13(14)16-9-4-10-19-11-12-7-8-12/h2-3,5-6,12,15-16H,4,7-11H2,1H3. The van der Waals surface area contributed by atoms with Gasteiger partial charge in [0.05, 0.1) is 5.69 Å². The summed E-state index contributed by atoms with van der Waals surface area (Å²) in [4.78, 5) is 0.279. The predicted octanol–water partition coefficient (Wildman–Crippen LogP) is 1.82. The van der Waals surface area contributed by atoms with Crippen molar-refractivity contribution in [3.05, 3.63) is 24.3 Å². The summed E-state index contributed by atoms with van der Waals surface area (Å²) >= 11 is 0. The number of hydrogen-bond acceptors (Lipinski definition) is 4. The largest absolute Gasteiger partial charge is 0.384 e. The average Bonchev–Trinajstić information content (AvgIpc) is 3.27. The highest BCUT2D eigenvalue weighted by Crippen LogP contribution is 2.28. The molecule has 1 aliphatic rings. The molecule has 0 bridgehead atoms. The number of anilines is 1. The highest BCUT2D eigenvalue weighted by molar-refractivity contribution is 7.89. The van der Waals surface area contributed by atoms with Gasteiger partial charge in [0.25, 0.3) is 0 Å². The van der Waals surface area contributed by atoms with Crippen molar-refractivity contribution >= 4 is 15.7 Å². The van der Waals surface area contributed by atoms with Gasteiger partial charge in [-0.3, -0.25) is 0 Å². The summed E-state index contributed by atoms with van der Waals surface area (Å²) in [5.41, 5.74) is 0.629. The molecule has 0 saturated heterocycles. The van der Waals surface area contributed by atoms with E-state index in [1.165, 1.54) is 19.9 Å². The molecule has 20 heavy (non-hydrogen) atoms. The van der Waals surface area contributed by atoms with E-state index in [0.29, 0.717) is 18.8 Å². The Kier molecular flexibility index (Phi) is 5.39. The lowest BCUT2D eigenvalue weighted by atomic mass is 10.3. The first-order chi connectivity index (χ1) is 9.63. The molecule has 0 radical (unpaired) electrons. The normalized spacial score (nSPS) is 15.2. The van der Waals surface area contributed by atoms with Crippen molar-refractivity contribution in [1.82, 2.24) is 4.72 Å². The van der Waals surface area contributed by atoms with E-state index in [9.17, 15) is 8.42 Å². The molecule has 1 aliphatic carbocycles. The van der Waals surface area contributed by atoms with Crippen LogP contribution in [0.4, 0.5) is 5.69 Å². The second-order valence-electron chi connectivity index (χ2n) is 5.00. The van der Waals surface area contributed by atoms with E-state index in [2.05, 4.69) is 10.0 Å². The van der Waals surface area contributed by atoms with Gasteiger partial charge in [0.2, 0.25) is 10.0 Å². The first-order valence-corrected chi connectivity index (χ1v) is 8.46. The maximum absolute atomic E-state index is 11.9. The summed E-state index contributed by atoms with van der Waals surface area (Å²) < 4.78 is 31.6. The van der Waals surface area contributed by atoms with Gasteiger partial charge >= 0.3 is 0 Å². The lowest BCUT2D eigenvalue weighted by molar-refractivity contribution is 0.124. The summed E-state index contributed by atoms with van der Waals surface area (Å²) in [5.74, 6) is 0.782. The third-order valence-corrected chi connectivity index (χ3v) is 4.75. The highest BCUT2D eigenvalue weighted by atomic mass is 32.2. The lowest BCUT2D eigenvalue weighted by Gasteiger charge is -2.12. The molecule has 2 rings (SSSR count). The minimum atomic E-state index is -3.42. The Morgan fingerprint density at radius 1 is 1.30 bits per heavy atom. The van der Waals surface area contributed by atoms with Crippen molar-refractivity contribution in [2.75, 3.05) is 32.1 Å². The molecule has 0 aliphatic heterocycles. The molecule has 1 fully saturated rings. The van der Waals surface area contributed by atoms with E-state index < -0.39 is 10.0 Å².